The molecule has 1 saturated heterocycles. The molecule has 2 aromatic heterocycles. The number of rotatable bonds is 10. The molecule has 9 nitrogen and oxygen atoms in total. The van der Waals surface area contributed by atoms with Gasteiger partial charge in [-0.15, -0.1) is 13.2 Å². The summed E-state index contributed by atoms with van der Waals surface area (Å²) in [6, 6.07) is 12.5. The lowest BCUT2D eigenvalue weighted by Crippen LogP contribution is -2.40. The standard InChI is InChI=1S/C28H28ClF3N4O5S/c1-34-24-23(25(37)35(27(34)38)13-5-15-40-22-8-2-3-14-39-22)36(17-18-9-11-19(29)12-10-18)26(33-24)42-21-7-4-6-20(16-21)41-28(30,31)32/h4,6-7,9-12,16,22H,2-3,5,8,13-15,17H2,1H3. The van der Waals surface area contributed by atoms with Gasteiger partial charge < -0.3 is 18.8 Å². The highest BCUT2D eigenvalue weighted by Crippen LogP contribution is 2.33. The molecule has 4 aromatic rings. The number of fused-ring (bicyclic) bond motifs is 1. The minimum Gasteiger partial charge on any atom is -0.406 e. The number of aryl methyl sites for hydroxylation is 1. The van der Waals surface area contributed by atoms with E-state index in [9.17, 15) is 22.8 Å². The van der Waals surface area contributed by atoms with Crippen LogP contribution >= 0.6 is 23.4 Å². The number of ether oxygens (including phenoxy) is 3. The highest BCUT2D eigenvalue weighted by molar-refractivity contribution is 7.99. The van der Waals surface area contributed by atoms with E-state index in [4.69, 9.17) is 21.1 Å². The fourth-order valence-electron chi connectivity index (χ4n) is 4.67. The zero-order valence-electron chi connectivity index (χ0n) is 22.6. The second-order valence-electron chi connectivity index (χ2n) is 9.72. The Labute approximate surface area is 247 Å². The van der Waals surface area contributed by atoms with Crippen molar-refractivity contribution in [2.24, 2.45) is 7.05 Å². The zero-order valence-corrected chi connectivity index (χ0v) is 24.2. The maximum absolute atomic E-state index is 13.8. The molecule has 3 heterocycles. The Morgan fingerprint density at radius 3 is 2.62 bits per heavy atom. The highest BCUT2D eigenvalue weighted by Gasteiger charge is 2.31. The molecule has 0 bridgehead atoms. The molecule has 0 amide bonds. The summed E-state index contributed by atoms with van der Waals surface area (Å²) < 4.78 is 57.9. The Hall–Kier alpha value is -3.26. The van der Waals surface area contributed by atoms with E-state index in [-0.39, 0.29) is 36.3 Å². The number of alkyl halides is 3. The third-order valence-electron chi connectivity index (χ3n) is 6.67. The van der Waals surface area contributed by atoms with Gasteiger partial charge in [0.25, 0.3) is 5.56 Å². The average molecular weight is 625 g/mol. The molecule has 1 atom stereocenters. The highest BCUT2D eigenvalue weighted by atomic mass is 35.5. The van der Waals surface area contributed by atoms with Gasteiger partial charge in [-0.25, -0.2) is 9.78 Å². The van der Waals surface area contributed by atoms with E-state index in [0.717, 1.165) is 41.2 Å². The van der Waals surface area contributed by atoms with Crippen molar-refractivity contribution in [1.82, 2.24) is 18.7 Å². The summed E-state index contributed by atoms with van der Waals surface area (Å²) in [7, 11) is 1.53. The Morgan fingerprint density at radius 2 is 1.90 bits per heavy atom. The molecule has 14 heteroatoms. The van der Waals surface area contributed by atoms with E-state index in [1.54, 1.807) is 34.9 Å². The molecule has 224 valence electrons. The summed E-state index contributed by atoms with van der Waals surface area (Å²) >= 11 is 7.11. The predicted octanol–water partition coefficient (Wildman–Crippen LogP) is 5.58. The van der Waals surface area contributed by atoms with Crippen molar-refractivity contribution in [2.75, 3.05) is 13.2 Å². The summed E-state index contributed by atoms with van der Waals surface area (Å²) in [5.41, 5.74) is 0.0932. The van der Waals surface area contributed by atoms with Crippen LogP contribution in [0.15, 0.2) is 68.2 Å². The smallest absolute Gasteiger partial charge is 0.406 e. The van der Waals surface area contributed by atoms with E-state index in [2.05, 4.69) is 9.72 Å². The van der Waals surface area contributed by atoms with E-state index >= 15 is 0 Å². The van der Waals surface area contributed by atoms with Gasteiger partial charge in [-0.05, 0) is 61.6 Å². The van der Waals surface area contributed by atoms with Crippen molar-refractivity contribution in [3.05, 3.63) is 80.0 Å². The van der Waals surface area contributed by atoms with Crippen LogP contribution in [0.3, 0.4) is 0 Å². The molecule has 0 N–H and O–H groups in total. The van der Waals surface area contributed by atoms with Crippen LogP contribution in [0, 0.1) is 0 Å². The van der Waals surface area contributed by atoms with Crippen LogP contribution in [0.2, 0.25) is 5.02 Å². The summed E-state index contributed by atoms with van der Waals surface area (Å²) in [5, 5.41) is 0.850. The Morgan fingerprint density at radius 1 is 1.12 bits per heavy atom. The second kappa shape index (κ2) is 12.9. The Kier molecular flexibility index (Phi) is 9.31. The van der Waals surface area contributed by atoms with Gasteiger partial charge in [0.15, 0.2) is 22.6 Å². The van der Waals surface area contributed by atoms with Crippen LogP contribution in [-0.2, 0) is 29.6 Å². The van der Waals surface area contributed by atoms with Crippen LogP contribution in [-0.4, -0.2) is 44.6 Å². The topological polar surface area (TPSA) is 89.5 Å². The first-order valence-electron chi connectivity index (χ1n) is 13.3. The minimum atomic E-state index is -4.84. The monoisotopic (exact) mass is 624 g/mol. The molecule has 0 spiro atoms. The van der Waals surface area contributed by atoms with E-state index in [1.807, 2.05) is 0 Å². The van der Waals surface area contributed by atoms with Gasteiger partial charge >= 0.3 is 12.1 Å². The third kappa shape index (κ3) is 7.20. The number of benzene rings is 2. The maximum atomic E-state index is 13.8. The fourth-order valence-corrected chi connectivity index (χ4v) is 5.72. The third-order valence-corrected chi connectivity index (χ3v) is 7.90. The van der Waals surface area contributed by atoms with Crippen molar-refractivity contribution in [1.29, 1.82) is 0 Å². The number of halogens is 4. The summed E-state index contributed by atoms with van der Waals surface area (Å²) in [4.78, 5) is 32.0. The predicted molar refractivity (Wildman–Crippen MR) is 151 cm³/mol. The Bertz CT molecular complexity index is 1660. The molecule has 42 heavy (non-hydrogen) atoms. The van der Waals surface area contributed by atoms with Crippen LogP contribution in [0.25, 0.3) is 11.2 Å². The quantitative estimate of drug-likeness (QED) is 0.213. The van der Waals surface area contributed by atoms with E-state index in [0.29, 0.717) is 34.7 Å². The minimum absolute atomic E-state index is 0.125. The number of hydrogen-bond acceptors (Lipinski definition) is 7. The first-order valence-corrected chi connectivity index (χ1v) is 14.5. The molecule has 0 radical (unpaired) electrons. The molecule has 0 aliphatic carbocycles. The second-order valence-corrected chi connectivity index (χ2v) is 11.2. The lowest BCUT2D eigenvalue weighted by Gasteiger charge is -2.22. The van der Waals surface area contributed by atoms with Gasteiger partial charge in [0.1, 0.15) is 5.75 Å². The number of nitrogens with zero attached hydrogens (tertiary/aromatic N) is 4. The van der Waals surface area contributed by atoms with Gasteiger partial charge in [-0.2, -0.15) is 0 Å². The van der Waals surface area contributed by atoms with Crippen molar-refractivity contribution in [3.8, 4) is 5.75 Å². The Balaban J connectivity index is 1.50. The lowest BCUT2D eigenvalue weighted by molar-refractivity contribution is -0.274. The van der Waals surface area contributed by atoms with Gasteiger partial charge in [0.2, 0.25) is 0 Å². The molecule has 1 aliphatic rings. The largest absolute Gasteiger partial charge is 0.573 e. The van der Waals surface area contributed by atoms with Gasteiger partial charge in [0, 0.05) is 30.1 Å². The van der Waals surface area contributed by atoms with Crippen LogP contribution in [0.5, 0.6) is 5.75 Å². The molecule has 0 saturated carbocycles. The molecule has 5 rings (SSSR count). The first-order chi connectivity index (χ1) is 20.1. The molecular weight excluding hydrogens is 597 g/mol. The van der Waals surface area contributed by atoms with Crippen LogP contribution in [0.1, 0.15) is 31.2 Å². The normalized spacial score (nSPS) is 15.8. The van der Waals surface area contributed by atoms with Crippen molar-refractivity contribution in [3.63, 3.8) is 0 Å². The fraction of sp³-hybridized carbons (Fsp3) is 0.393. The van der Waals surface area contributed by atoms with Crippen molar-refractivity contribution < 1.29 is 27.4 Å². The number of aromatic nitrogens is 4. The van der Waals surface area contributed by atoms with Crippen molar-refractivity contribution in [2.45, 2.75) is 61.5 Å². The summed E-state index contributed by atoms with van der Waals surface area (Å²) in [6.07, 6.45) is -1.87. The molecule has 1 unspecified atom stereocenters. The molecular formula is C28H28ClF3N4O5S. The van der Waals surface area contributed by atoms with Crippen LogP contribution < -0.4 is 16.0 Å². The lowest BCUT2D eigenvalue weighted by atomic mass is 10.2. The van der Waals surface area contributed by atoms with Gasteiger partial charge in [-0.1, -0.05) is 41.6 Å². The molecule has 1 aliphatic heterocycles. The number of imidazole rings is 1. The maximum Gasteiger partial charge on any atom is 0.573 e. The molecule has 1 fully saturated rings. The SMILES string of the molecule is Cn1c(=O)n(CCCOC2CCCCO2)c(=O)c2c1nc(Sc1cccc(OC(F)(F)F)c1)n2Cc1ccc(Cl)cc1. The van der Waals surface area contributed by atoms with Crippen molar-refractivity contribution >= 4 is 34.5 Å². The van der Waals surface area contributed by atoms with E-state index in [1.165, 1.54) is 29.8 Å². The average Bonchev–Trinajstić information content (AvgIpc) is 3.30. The van der Waals surface area contributed by atoms with Gasteiger partial charge in [-0.3, -0.25) is 13.9 Å². The van der Waals surface area contributed by atoms with Crippen LogP contribution in [0.4, 0.5) is 13.2 Å². The number of hydrogen-bond donors (Lipinski definition) is 0. The van der Waals surface area contributed by atoms with E-state index < -0.39 is 17.6 Å². The van der Waals surface area contributed by atoms with Gasteiger partial charge in [0.05, 0.1) is 13.2 Å². The molecule has 2 aromatic carbocycles. The summed E-state index contributed by atoms with van der Waals surface area (Å²) in [5.74, 6) is -0.386. The summed E-state index contributed by atoms with van der Waals surface area (Å²) in [6.45, 7) is 1.29. The first kappa shape index (κ1) is 30.2. The zero-order chi connectivity index (χ0) is 29.9.